The fourth-order valence-electron chi connectivity index (χ4n) is 3.23. The first-order valence-corrected chi connectivity index (χ1v) is 8.36. The van der Waals surface area contributed by atoms with Crippen molar-refractivity contribution in [3.63, 3.8) is 0 Å². The quantitative estimate of drug-likeness (QED) is 0.838. The lowest BCUT2D eigenvalue weighted by Gasteiger charge is -2.35. The van der Waals surface area contributed by atoms with Crippen molar-refractivity contribution in [3.05, 3.63) is 53.6 Å². The van der Waals surface area contributed by atoms with E-state index in [9.17, 15) is 4.79 Å². The van der Waals surface area contributed by atoms with Crippen LogP contribution in [0.4, 0.5) is 0 Å². The number of hydrogen-bond acceptors (Lipinski definition) is 4. The molecule has 0 bridgehead atoms. The molecular formula is C20H23NO4. The summed E-state index contributed by atoms with van der Waals surface area (Å²) in [7, 11) is 3.25. The van der Waals surface area contributed by atoms with Gasteiger partial charge in [-0.25, -0.2) is 0 Å². The summed E-state index contributed by atoms with van der Waals surface area (Å²) in [6.07, 6.45) is 0.789. The molecule has 0 aromatic heterocycles. The highest BCUT2D eigenvalue weighted by Gasteiger charge is 2.29. The third-order valence-electron chi connectivity index (χ3n) is 4.61. The number of fused-ring (bicyclic) bond motifs is 1. The van der Waals surface area contributed by atoms with Crippen molar-refractivity contribution in [2.75, 3.05) is 27.4 Å². The predicted molar refractivity (Wildman–Crippen MR) is 95.3 cm³/mol. The van der Waals surface area contributed by atoms with E-state index in [1.165, 1.54) is 5.56 Å². The SMILES string of the molecule is COc1cc2c(cc1OC)[C@H](C)N(C(=O)COc1ccccc1)CC2. The second-order valence-electron chi connectivity index (χ2n) is 6.02. The van der Waals surface area contributed by atoms with E-state index in [0.717, 1.165) is 17.7 Å². The average molecular weight is 341 g/mol. The Bertz CT molecular complexity index is 745. The lowest BCUT2D eigenvalue weighted by molar-refractivity contribution is -0.136. The van der Waals surface area contributed by atoms with E-state index < -0.39 is 0 Å². The van der Waals surface area contributed by atoms with Gasteiger partial charge in [0.05, 0.1) is 20.3 Å². The Hall–Kier alpha value is -2.69. The minimum Gasteiger partial charge on any atom is -0.493 e. The van der Waals surface area contributed by atoms with Gasteiger partial charge in [-0.15, -0.1) is 0 Å². The summed E-state index contributed by atoms with van der Waals surface area (Å²) in [4.78, 5) is 14.5. The highest BCUT2D eigenvalue weighted by atomic mass is 16.5. The second kappa shape index (κ2) is 7.47. The van der Waals surface area contributed by atoms with Crippen molar-refractivity contribution >= 4 is 5.91 Å². The number of carbonyl (C=O) groups is 1. The fraction of sp³-hybridized carbons (Fsp3) is 0.350. The number of rotatable bonds is 5. The topological polar surface area (TPSA) is 48.0 Å². The van der Waals surface area contributed by atoms with Crippen LogP contribution in [0.1, 0.15) is 24.1 Å². The molecule has 1 aliphatic heterocycles. The molecule has 0 radical (unpaired) electrons. The van der Waals surface area contributed by atoms with Gasteiger partial charge in [0, 0.05) is 6.54 Å². The molecule has 0 saturated carbocycles. The van der Waals surface area contributed by atoms with E-state index in [4.69, 9.17) is 14.2 Å². The number of para-hydroxylation sites is 1. The first kappa shape index (κ1) is 17.1. The normalized spacial score (nSPS) is 16.1. The maximum atomic E-state index is 12.6. The number of carbonyl (C=O) groups excluding carboxylic acids is 1. The van der Waals surface area contributed by atoms with Crippen LogP contribution in [0, 0.1) is 0 Å². The summed E-state index contributed by atoms with van der Waals surface area (Å²) in [6.45, 7) is 2.74. The van der Waals surface area contributed by atoms with Gasteiger partial charge in [-0.05, 0) is 48.7 Å². The summed E-state index contributed by atoms with van der Waals surface area (Å²) in [5.41, 5.74) is 2.29. The Morgan fingerprint density at radius 2 is 1.80 bits per heavy atom. The van der Waals surface area contributed by atoms with Crippen LogP contribution in [0.25, 0.3) is 0 Å². The van der Waals surface area contributed by atoms with E-state index in [0.29, 0.717) is 18.0 Å². The van der Waals surface area contributed by atoms with Crippen LogP contribution in [-0.4, -0.2) is 38.2 Å². The smallest absolute Gasteiger partial charge is 0.261 e. The third-order valence-corrected chi connectivity index (χ3v) is 4.61. The number of hydrogen-bond donors (Lipinski definition) is 0. The zero-order valence-corrected chi connectivity index (χ0v) is 14.8. The van der Waals surface area contributed by atoms with Gasteiger partial charge in [-0.3, -0.25) is 4.79 Å². The van der Waals surface area contributed by atoms with Crippen molar-refractivity contribution in [1.82, 2.24) is 4.90 Å². The number of nitrogens with zero attached hydrogens (tertiary/aromatic N) is 1. The highest BCUT2D eigenvalue weighted by Crippen LogP contribution is 2.37. The van der Waals surface area contributed by atoms with Gasteiger partial charge < -0.3 is 19.1 Å². The van der Waals surface area contributed by atoms with Crippen molar-refractivity contribution in [1.29, 1.82) is 0 Å². The molecule has 5 heteroatoms. The van der Waals surface area contributed by atoms with Gasteiger partial charge in [0.1, 0.15) is 5.75 Å². The van der Waals surface area contributed by atoms with E-state index >= 15 is 0 Å². The Morgan fingerprint density at radius 1 is 1.12 bits per heavy atom. The van der Waals surface area contributed by atoms with Gasteiger partial charge >= 0.3 is 0 Å². The molecule has 0 spiro atoms. The van der Waals surface area contributed by atoms with E-state index in [1.807, 2.05) is 54.3 Å². The summed E-state index contributed by atoms with van der Waals surface area (Å²) in [6, 6.07) is 13.3. The molecule has 25 heavy (non-hydrogen) atoms. The predicted octanol–water partition coefficient (Wildman–Crippen LogP) is 3.23. The van der Waals surface area contributed by atoms with Crippen LogP contribution in [-0.2, 0) is 11.2 Å². The highest BCUT2D eigenvalue weighted by molar-refractivity contribution is 5.78. The minimum absolute atomic E-state index is 0.0169. The standard InChI is InChI=1S/C20H23NO4/c1-14-17-12-19(24-3)18(23-2)11-15(17)9-10-21(14)20(22)13-25-16-7-5-4-6-8-16/h4-8,11-12,14H,9-10,13H2,1-3H3/t14-/m0/s1. The second-order valence-corrected chi connectivity index (χ2v) is 6.02. The molecular weight excluding hydrogens is 318 g/mol. The van der Waals surface area contributed by atoms with E-state index in [1.54, 1.807) is 14.2 Å². The summed E-state index contributed by atoms with van der Waals surface area (Å²) in [5, 5.41) is 0. The van der Waals surface area contributed by atoms with Crippen LogP contribution in [0.15, 0.2) is 42.5 Å². The number of benzene rings is 2. The van der Waals surface area contributed by atoms with Gasteiger partial charge in [0.2, 0.25) is 0 Å². The van der Waals surface area contributed by atoms with Crippen molar-refractivity contribution < 1.29 is 19.0 Å². The Balaban J connectivity index is 1.74. The molecule has 132 valence electrons. The number of amides is 1. The van der Waals surface area contributed by atoms with Crippen molar-refractivity contribution in [3.8, 4) is 17.2 Å². The molecule has 1 heterocycles. The molecule has 1 atom stereocenters. The van der Waals surface area contributed by atoms with Gasteiger partial charge in [0.25, 0.3) is 5.91 Å². The van der Waals surface area contributed by atoms with Crippen molar-refractivity contribution in [2.45, 2.75) is 19.4 Å². The Labute approximate surface area is 148 Å². The molecule has 0 aliphatic carbocycles. The average Bonchev–Trinajstić information content (AvgIpc) is 2.66. The summed E-state index contributed by atoms with van der Waals surface area (Å²) in [5.74, 6) is 2.09. The van der Waals surface area contributed by atoms with Crippen molar-refractivity contribution in [2.24, 2.45) is 0 Å². The van der Waals surface area contributed by atoms with Gasteiger partial charge in [-0.2, -0.15) is 0 Å². The molecule has 1 amide bonds. The molecule has 0 unspecified atom stereocenters. The fourth-order valence-corrected chi connectivity index (χ4v) is 3.23. The molecule has 5 nitrogen and oxygen atoms in total. The molecule has 1 aliphatic rings. The first-order valence-electron chi connectivity index (χ1n) is 8.36. The van der Waals surface area contributed by atoms with Crippen LogP contribution in [0.2, 0.25) is 0 Å². The van der Waals surface area contributed by atoms with Crippen LogP contribution >= 0.6 is 0 Å². The monoisotopic (exact) mass is 341 g/mol. The zero-order valence-electron chi connectivity index (χ0n) is 14.8. The Kier molecular flexibility index (Phi) is 5.12. The number of methoxy groups -OCH3 is 2. The van der Waals surface area contributed by atoms with Gasteiger partial charge in [-0.1, -0.05) is 18.2 Å². The summed E-state index contributed by atoms with van der Waals surface area (Å²) < 4.78 is 16.4. The molecule has 0 N–H and O–H groups in total. The molecule has 2 aromatic rings. The Morgan fingerprint density at radius 3 is 2.48 bits per heavy atom. The molecule has 3 rings (SSSR count). The van der Waals surface area contributed by atoms with E-state index in [2.05, 4.69) is 0 Å². The summed E-state index contributed by atoms with van der Waals surface area (Å²) >= 11 is 0. The number of ether oxygens (including phenoxy) is 3. The third kappa shape index (κ3) is 3.55. The maximum Gasteiger partial charge on any atom is 0.261 e. The minimum atomic E-state index is -0.0320. The maximum absolute atomic E-state index is 12.6. The van der Waals surface area contributed by atoms with E-state index in [-0.39, 0.29) is 18.6 Å². The molecule has 0 saturated heterocycles. The van der Waals surface area contributed by atoms with Gasteiger partial charge in [0.15, 0.2) is 18.1 Å². The first-order chi connectivity index (χ1) is 12.1. The largest absolute Gasteiger partial charge is 0.493 e. The van der Waals surface area contributed by atoms with Crippen LogP contribution in [0.3, 0.4) is 0 Å². The van der Waals surface area contributed by atoms with Crippen LogP contribution < -0.4 is 14.2 Å². The lowest BCUT2D eigenvalue weighted by atomic mass is 9.92. The molecule has 2 aromatic carbocycles. The van der Waals surface area contributed by atoms with Crippen LogP contribution in [0.5, 0.6) is 17.2 Å². The zero-order chi connectivity index (χ0) is 17.8. The molecule has 0 fully saturated rings. The lowest BCUT2D eigenvalue weighted by Crippen LogP contribution is -2.41.